The maximum absolute atomic E-state index is 11.5. The van der Waals surface area contributed by atoms with Crippen molar-refractivity contribution in [3.8, 4) is 0 Å². The van der Waals surface area contributed by atoms with Crippen LogP contribution < -0.4 is 10.6 Å². The minimum absolute atomic E-state index is 0.0127. The SMILES string of the molecule is Cc1ccc(S(=O)(=O)O)cc1.O=C1NCCNc2ccc(Br)cc21. The largest absolute Gasteiger partial charge is 0.383 e. The van der Waals surface area contributed by atoms with Crippen LogP contribution in [0.15, 0.2) is 51.8 Å². The number of hydrogen-bond donors (Lipinski definition) is 3. The molecule has 1 heterocycles. The number of aryl methyl sites for hydroxylation is 1. The Bertz CT molecular complexity index is 836. The van der Waals surface area contributed by atoms with E-state index in [2.05, 4.69) is 26.6 Å². The van der Waals surface area contributed by atoms with E-state index in [9.17, 15) is 13.2 Å². The fraction of sp³-hybridized carbons (Fsp3) is 0.188. The first-order chi connectivity index (χ1) is 11.3. The number of halogens is 1. The van der Waals surface area contributed by atoms with Gasteiger partial charge in [-0.2, -0.15) is 8.42 Å². The van der Waals surface area contributed by atoms with Crippen LogP contribution in [0.5, 0.6) is 0 Å². The second-order valence-electron chi connectivity index (χ2n) is 5.16. The molecule has 0 aliphatic carbocycles. The zero-order valence-corrected chi connectivity index (χ0v) is 15.3. The van der Waals surface area contributed by atoms with E-state index in [-0.39, 0.29) is 10.8 Å². The predicted octanol–water partition coefficient (Wildman–Crippen LogP) is 2.85. The molecule has 0 saturated heterocycles. The normalized spacial score (nSPS) is 13.5. The van der Waals surface area contributed by atoms with E-state index in [0.29, 0.717) is 12.1 Å². The summed E-state index contributed by atoms with van der Waals surface area (Å²) in [7, 11) is -4.02. The van der Waals surface area contributed by atoms with E-state index in [1.807, 2.05) is 25.1 Å². The molecule has 3 N–H and O–H groups in total. The molecule has 0 aromatic heterocycles. The van der Waals surface area contributed by atoms with Crippen molar-refractivity contribution in [3.63, 3.8) is 0 Å². The molecule has 0 fully saturated rings. The van der Waals surface area contributed by atoms with Crippen molar-refractivity contribution < 1.29 is 17.8 Å². The molecular weight excluding hydrogens is 396 g/mol. The molecular formula is C16H17BrN2O4S. The summed E-state index contributed by atoms with van der Waals surface area (Å²) in [6.07, 6.45) is 0. The number of fused-ring (bicyclic) bond motifs is 1. The Hall–Kier alpha value is -1.90. The van der Waals surface area contributed by atoms with Crippen LogP contribution in [0.2, 0.25) is 0 Å². The van der Waals surface area contributed by atoms with Gasteiger partial charge in [-0.1, -0.05) is 33.6 Å². The molecule has 0 spiro atoms. The molecule has 0 radical (unpaired) electrons. The number of hydrogen-bond acceptors (Lipinski definition) is 4. The third-order valence-corrected chi connectivity index (χ3v) is 4.63. The third-order valence-electron chi connectivity index (χ3n) is 3.27. The van der Waals surface area contributed by atoms with Gasteiger partial charge in [-0.15, -0.1) is 0 Å². The highest BCUT2D eigenvalue weighted by molar-refractivity contribution is 9.10. The topological polar surface area (TPSA) is 95.5 Å². The standard InChI is InChI=1S/C9H9BrN2O.C7H8O3S/c10-6-1-2-8-7(5-6)9(13)12-4-3-11-8;1-6-2-4-7(5-3-6)11(8,9)10/h1-2,5,11H,3-4H2,(H,12,13);2-5H,1H3,(H,8,9,10). The zero-order chi connectivity index (χ0) is 17.7. The highest BCUT2D eigenvalue weighted by Crippen LogP contribution is 2.21. The lowest BCUT2D eigenvalue weighted by molar-refractivity contribution is 0.0958. The van der Waals surface area contributed by atoms with Crippen LogP contribution in [0.25, 0.3) is 0 Å². The van der Waals surface area contributed by atoms with E-state index in [4.69, 9.17) is 4.55 Å². The zero-order valence-electron chi connectivity index (χ0n) is 12.9. The fourth-order valence-electron chi connectivity index (χ4n) is 2.04. The van der Waals surface area contributed by atoms with Crippen LogP contribution in [0.4, 0.5) is 5.69 Å². The molecule has 3 rings (SSSR count). The van der Waals surface area contributed by atoms with Gasteiger partial charge in [0.05, 0.1) is 10.5 Å². The Morgan fingerprint density at radius 1 is 1.04 bits per heavy atom. The van der Waals surface area contributed by atoms with Gasteiger partial charge in [-0.05, 0) is 37.3 Å². The molecule has 0 unspecified atom stereocenters. The minimum atomic E-state index is -4.02. The van der Waals surface area contributed by atoms with Crippen LogP contribution >= 0.6 is 15.9 Å². The first kappa shape index (κ1) is 18.4. The van der Waals surface area contributed by atoms with Gasteiger partial charge in [0.1, 0.15) is 0 Å². The number of carbonyl (C=O) groups is 1. The van der Waals surface area contributed by atoms with Gasteiger partial charge in [0, 0.05) is 23.2 Å². The van der Waals surface area contributed by atoms with E-state index >= 15 is 0 Å². The van der Waals surface area contributed by atoms with Crippen LogP contribution in [0.1, 0.15) is 15.9 Å². The van der Waals surface area contributed by atoms with Crippen molar-refractivity contribution in [3.05, 3.63) is 58.1 Å². The van der Waals surface area contributed by atoms with E-state index < -0.39 is 10.1 Å². The summed E-state index contributed by atoms with van der Waals surface area (Å²) in [5.74, 6) is -0.0127. The van der Waals surface area contributed by atoms with Crippen molar-refractivity contribution >= 4 is 37.6 Å². The molecule has 2 aromatic rings. The van der Waals surface area contributed by atoms with Gasteiger partial charge in [-0.25, -0.2) is 0 Å². The van der Waals surface area contributed by atoms with Gasteiger partial charge in [0.25, 0.3) is 16.0 Å². The van der Waals surface area contributed by atoms with Crippen molar-refractivity contribution in [1.82, 2.24) is 5.32 Å². The van der Waals surface area contributed by atoms with Crippen molar-refractivity contribution in [1.29, 1.82) is 0 Å². The maximum Gasteiger partial charge on any atom is 0.294 e. The number of rotatable bonds is 1. The van der Waals surface area contributed by atoms with Gasteiger partial charge in [0.2, 0.25) is 0 Å². The van der Waals surface area contributed by atoms with Gasteiger partial charge in [0.15, 0.2) is 0 Å². The third kappa shape index (κ3) is 5.05. The van der Waals surface area contributed by atoms with Crippen molar-refractivity contribution in [2.45, 2.75) is 11.8 Å². The summed E-state index contributed by atoms with van der Waals surface area (Å²) >= 11 is 3.34. The quantitative estimate of drug-likeness (QED) is 0.625. The number of nitrogens with one attached hydrogen (secondary N) is 2. The Balaban J connectivity index is 0.000000177. The molecule has 0 bridgehead atoms. The molecule has 2 aromatic carbocycles. The lowest BCUT2D eigenvalue weighted by Gasteiger charge is -2.05. The van der Waals surface area contributed by atoms with Crippen LogP contribution in [0, 0.1) is 6.92 Å². The lowest BCUT2D eigenvalue weighted by Crippen LogP contribution is -2.24. The first-order valence-electron chi connectivity index (χ1n) is 7.13. The average molecular weight is 413 g/mol. The number of amides is 1. The highest BCUT2D eigenvalue weighted by Gasteiger charge is 2.14. The van der Waals surface area contributed by atoms with Gasteiger partial charge >= 0.3 is 0 Å². The molecule has 8 heteroatoms. The number of carbonyl (C=O) groups excluding carboxylic acids is 1. The molecule has 6 nitrogen and oxygen atoms in total. The summed E-state index contributed by atoms with van der Waals surface area (Å²) in [5, 5.41) is 5.98. The predicted molar refractivity (Wildman–Crippen MR) is 96.0 cm³/mol. The highest BCUT2D eigenvalue weighted by atomic mass is 79.9. The second-order valence-corrected chi connectivity index (χ2v) is 7.50. The Morgan fingerprint density at radius 2 is 1.67 bits per heavy atom. The summed E-state index contributed by atoms with van der Waals surface area (Å²) in [6.45, 7) is 3.29. The summed E-state index contributed by atoms with van der Waals surface area (Å²) in [4.78, 5) is 11.4. The average Bonchev–Trinajstić information content (AvgIpc) is 2.69. The van der Waals surface area contributed by atoms with E-state index in [1.165, 1.54) is 12.1 Å². The van der Waals surface area contributed by atoms with Crippen LogP contribution in [-0.4, -0.2) is 32.0 Å². The van der Waals surface area contributed by atoms with Gasteiger partial charge in [-0.3, -0.25) is 9.35 Å². The molecule has 0 saturated carbocycles. The van der Waals surface area contributed by atoms with Crippen LogP contribution in [-0.2, 0) is 10.1 Å². The van der Waals surface area contributed by atoms with Crippen LogP contribution in [0.3, 0.4) is 0 Å². The summed E-state index contributed by atoms with van der Waals surface area (Å²) in [5.41, 5.74) is 2.56. The van der Waals surface area contributed by atoms with Gasteiger partial charge < -0.3 is 10.6 Å². The number of anilines is 1. The lowest BCUT2D eigenvalue weighted by atomic mass is 10.2. The molecule has 1 aliphatic heterocycles. The van der Waals surface area contributed by atoms with Crippen molar-refractivity contribution in [2.24, 2.45) is 0 Å². The fourth-order valence-corrected chi connectivity index (χ4v) is 2.88. The van der Waals surface area contributed by atoms with Crippen molar-refractivity contribution in [2.75, 3.05) is 18.4 Å². The maximum atomic E-state index is 11.5. The number of benzene rings is 2. The Morgan fingerprint density at radius 3 is 2.29 bits per heavy atom. The van der Waals surface area contributed by atoms with E-state index in [1.54, 1.807) is 12.1 Å². The molecule has 1 amide bonds. The Labute approximate surface area is 149 Å². The summed E-state index contributed by atoms with van der Waals surface area (Å²) < 4.78 is 30.5. The second kappa shape index (κ2) is 7.78. The Kier molecular flexibility index (Phi) is 5.98. The smallest absolute Gasteiger partial charge is 0.294 e. The van der Waals surface area contributed by atoms with E-state index in [0.717, 1.165) is 22.3 Å². The first-order valence-corrected chi connectivity index (χ1v) is 9.36. The monoisotopic (exact) mass is 412 g/mol. The molecule has 24 heavy (non-hydrogen) atoms. The molecule has 1 aliphatic rings. The minimum Gasteiger partial charge on any atom is -0.383 e. The summed E-state index contributed by atoms with van der Waals surface area (Å²) in [6, 6.07) is 11.6. The molecule has 128 valence electrons. The molecule has 0 atom stereocenters.